The van der Waals surface area contributed by atoms with Gasteiger partial charge in [0.15, 0.2) is 9.84 Å². The van der Waals surface area contributed by atoms with E-state index in [0.29, 0.717) is 5.75 Å². The van der Waals surface area contributed by atoms with Crippen molar-refractivity contribution in [2.24, 2.45) is 0 Å². The Morgan fingerprint density at radius 3 is 2.65 bits per heavy atom. The second-order valence-electron chi connectivity index (χ2n) is 3.77. The van der Waals surface area contributed by atoms with Crippen molar-refractivity contribution in [2.45, 2.75) is 24.3 Å². The molecule has 1 N–H and O–H groups in total. The summed E-state index contributed by atoms with van der Waals surface area (Å²) in [4.78, 5) is 10.6. The Hall–Kier alpha value is -1.56. The van der Waals surface area contributed by atoms with E-state index in [0.717, 1.165) is 6.26 Å². The van der Waals surface area contributed by atoms with E-state index >= 15 is 0 Å². The predicted molar refractivity (Wildman–Crippen MR) is 61.9 cm³/mol. The minimum absolute atomic E-state index is 0.136. The molecule has 1 rings (SSSR count). The minimum Gasteiger partial charge on any atom is -0.490 e. The lowest BCUT2D eigenvalue weighted by Gasteiger charge is -2.13. The number of hydrogen-bond acceptors (Lipinski definition) is 4. The molecule has 0 radical (unpaired) electrons. The summed E-state index contributed by atoms with van der Waals surface area (Å²) in [6, 6.07) is 5.99. The quantitative estimate of drug-likeness (QED) is 0.861. The van der Waals surface area contributed by atoms with Crippen LogP contribution in [-0.2, 0) is 14.6 Å². The number of benzene rings is 1. The molecule has 1 aromatic carbocycles. The van der Waals surface area contributed by atoms with E-state index in [2.05, 4.69) is 0 Å². The van der Waals surface area contributed by atoms with Gasteiger partial charge in [0.2, 0.25) is 0 Å². The van der Waals surface area contributed by atoms with E-state index in [1.165, 1.54) is 12.1 Å². The summed E-state index contributed by atoms with van der Waals surface area (Å²) < 4.78 is 27.9. The molecule has 0 bridgehead atoms. The van der Waals surface area contributed by atoms with Crippen molar-refractivity contribution >= 4 is 15.8 Å². The third kappa shape index (κ3) is 4.44. The first-order valence-electron chi connectivity index (χ1n) is 4.97. The maximum Gasteiger partial charge on any atom is 0.307 e. The van der Waals surface area contributed by atoms with Crippen molar-refractivity contribution in [3.63, 3.8) is 0 Å². The molecular weight excluding hydrogens is 244 g/mol. The van der Waals surface area contributed by atoms with Crippen LogP contribution in [0.15, 0.2) is 29.2 Å². The molecule has 0 aliphatic heterocycles. The average molecular weight is 258 g/mol. The zero-order chi connectivity index (χ0) is 13.1. The van der Waals surface area contributed by atoms with E-state index in [4.69, 9.17) is 9.84 Å². The van der Waals surface area contributed by atoms with E-state index in [-0.39, 0.29) is 11.3 Å². The number of rotatable bonds is 5. The number of ether oxygens (including phenoxy) is 1. The zero-order valence-corrected chi connectivity index (χ0v) is 10.4. The highest BCUT2D eigenvalue weighted by molar-refractivity contribution is 7.90. The van der Waals surface area contributed by atoms with Gasteiger partial charge in [0.05, 0.1) is 11.3 Å². The van der Waals surface area contributed by atoms with Crippen LogP contribution in [0.25, 0.3) is 0 Å². The van der Waals surface area contributed by atoms with Gasteiger partial charge in [-0.1, -0.05) is 6.07 Å². The summed E-state index contributed by atoms with van der Waals surface area (Å²) in [5.74, 6) is -0.613. The van der Waals surface area contributed by atoms with Gasteiger partial charge in [0, 0.05) is 6.26 Å². The number of sulfone groups is 1. The monoisotopic (exact) mass is 258 g/mol. The summed E-state index contributed by atoms with van der Waals surface area (Å²) >= 11 is 0. The molecule has 0 heterocycles. The molecule has 0 saturated heterocycles. The van der Waals surface area contributed by atoms with Crippen LogP contribution in [0.2, 0.25) is 0 Å². The largest absolute Gasteiger partial charge is 0.490 e. The van der Waals surface area contributed by atoms with Gasteiger partial charge in [0.25, 0.3) is 0 Å². The fourth-order valence-electron chi connectivity index (χ4n) is 1.30. The number of carboxylic acid groups (broad SMARTS) is 1. The van der Waals surface area contributed by atoms with Gasteiger partial charge >= 0.3 is 5.97 Å². The highest BCUT2D eigenvalue weighted by Crippen LogP contribution is 2.19. The van der Waals surface area contributed by atoms with Crippen molar-refractivity contribution in [3.05, 3.63) is 24.3 Å². The molecule has 0 saturated carbocycles. The van der Waals surface area contributed by atoms with Gasteiger partial charge in [-0.2, -0.15) is 0 Å². The number of carbonyl (C=O) groups is 1. The summed E-state index contributed by atoms with van der Waals surface area (Å²) in [5.41, 5.74) is 0. The topological polar surface area (TPSA) is 80.7 Å². The zero-order valence-electron chi connectivity index (χ0n) is 9.58. The van der Waals surface area contributed by atoms with Gasteiger partial charge in [-0.05, 0) is 25.1 Å². The Morgan fingerprint density at radius 2 is 2.12 bits per heavy atom. The van der Waals surface area contributed by atoms with E-state index in [9.17, 15) is 13.2 Å². The van der Waals surface area contributed by atoms with Crippen molar-refractivity contribution in [1.29, 1.82) is 0 Å². The van der Waals surface area contributed by atoms with Crippen LogP contribution >= 0.6 is 0 Å². The predicted octanol–water partition coefficient (Wildman–Crippen LogP) is 1.33. The first kappa shape index (κ1) is 13.5. The molecule has 5 nitrogen and oxygen atoms in total. The van der Waals surface area contributed by atoms with Crippen LogP contribution < -0.4 is 4.74 Å². The summed E-state index contributed by atoms with van der Waals surface area (Å²) in [6.45, 7) is 1.61. The lowest BCUT2D eigenvalue weighted by Crippen LogP contribution is -2.16. The average Bonchev–Trinajstić information content (AvgIpc) is 2.15. The molecule has 1 atom stereocenters. The van der Waals surface area contributed by atoms with E-state index < -0.39 is 21.9 Å². The van der Waals surface area contributed by atoms with Crippen LogP contribution in [0.5, 0.6) is 5.75 Å². The lowest BCUT2D eigenvalue weighted by molar-refractivity contribution is -0.138. The molecule has 0 spiro atoms. The highest BCUT2D eigenvalue weighted by Gasteiger charge is 2.11. The Balaban J connectivity index is 2.83. The first-order chi connectivity index (χ1) is 7.79. The van der Waals surface area contributed by atoms with E-state index in [1.807, 2.05) is 0 Å². The molecule has 0 aliphatic carbocycles. The molecular formula is C11H14O5S. The lowest BCUT2D eigenvalue weighted by atomic mass is 10.3. The number of hydrogen-bond donors (Lipinski definition) is 1. The fourth-order valence-corrected chi connectivity index (χ4v) is 1.95. The second kappa shape index (κ2) is 5.18. The maximum absolute atomic E-state index is 11.3. The van der Waals surface area contributed by atoms with Gasteiger partial charge in [0.1, 0.15) is 11.9 Å². The van der Waals surface area contributed by atoms with Gasteiger partial charge in [-0.15, -0.1) is 0 Å². The Kier molecular flexibility index (Phi) is 4.11. The van der Waals surface area contributed by atoms with Crippen molar-refractivity contribution in [1.82, 2.24) is 0 Å². The number of aliphatic carboxylic acids is 1. The summed E-state index contributed by atoms with van der Waals surface area (Å²) in [7, 11) is -3.28. The second-order valence-corrected chi connectivity index (χ2v) is 5.79. The van der Waals surface area contributed by atoms with Crippen LogP contribution in [-0.4, -0.2) is 31.9 Å². The summed E-state index contributed by atoms with van der Waals surface area (Å²) in [6.07, 6.45) is 0.456. The maximum atomic E-state index is 11.3. The van der Waals surface area contributed by atoms with Gasteiger partial charge in [-0.25, -0.2) is 8.42 Å². The summed E-state index contributed by atoms with van der Waals surface area (Å²) in [5, 5.41) is 8.57. The third-order valence-electron chi connectivity index (χ3n) is 2.03. The molecule has 6 heteroatoms. The third-order valence-corrected chi connectivity index (χ3v) is 3.14. The van der Waals surface area contributed by atoms with Crippen molar-refractivity contribution in [3.8, 4) is 5.75 Å². The van der Waals surface area contributed by atoms with E-state index in [1.54, 1.807) is 19.1 Å². The van der Waals surface area contributed by atoms with Crippen molar-refractivity contribution in [2.75, 3.05) is 6.26 Å². The molecule has 0 unspecified atom stereocenters. The normalized spacial score (nSPS) is 13.1. The van der Waals surface area contributed by atoms with Crippen molar-refractivity contribution < 1.29 is 23.1 Å². The first-order valence-corrected chi connectivity index (χ1v) is 6.87. The SMILES string of the molecule is C[C@H](CC(=O)O)Oc1cccc(S(C)(=O)=O)c1. The van der Waals surface area contributed by atoms with Gasteiger partial charge < -0.3 is 9.84 Å². The Morgan fingerprint density at radius 1 is 1.47 bits per heavy atom. The molecule has 94 valence electrons. The van der Waals surface area contributed by atoms with Gasteiger partial charge in [-0.3, -0.25) is 4.79 Å². The highest BCUT2D eigenvalue weighted by atomic mass is 32.2. The minimum atomic E-state index is -3.28. The molecule has 1 aromatic rings. The Bertz CT molecular complexity index is 506. The molecule has 0 aliphatic rings. The molecule has 0 fully saturated rings. The van der Waals surface area contributed by atoms with Crippen LogP contribution in [0.1, 0.15) is 13.3 Å². The standard InChI is InChI=1S/C11H14O5S/c1-8(6-11(12)13)16-9-4-3-5-10(7-9)17(2,14)15/h3-5,7-8H,6H2,1-2H3,(H,12,13)/t8-/m1/s1. The molecule has 0 amide bonds. The molecule has 0 aromatic heterocycles. The van der Waals surface area contributed by atoms with Crippen LogP contribution in [0, 0.1) is 0 Å². The number of carboxylic acids is 1. The van der Waals surface area contributed by atoms with Crippen LogP contribution in [0.4, 0.5) is 0 Å². The Labute approximate surface area is 100.0 Å². The fraction of sp³-hybridized carbons (Fsp3) is 0.364. The van der Waals surface area contributed by atoms with Crippen LogP contribution in [0.3, 0.4) is 0 Å². The smallest absolute Gasteiger partial charge is 0.307 e. The molecule has 17 heavy (non-hydrogen) atoms.